The first-order valence-electron chi connectivity index (χ1n) is 5.15. The fraction of sp³-hybridized carbons (Fsp3) is 0.182. The Balaban J connectivity index is 2.29. The van der Waals surface area contributed by atoms with E-state index in [9.17, 15) is 18.0 Å². The Morgan fingerprint density at radius 2 is 2.16 bits per heavy atom. The van der Waals surface area contributed by atoms with Crippen molar-refractivity contribution in [2.24, 2.45) is 0 Å². The van der Waals surface area contributed by atoms with Crippen molar-refractivity contribution >= 4 is 22.4 Å². The van der Waals surface area contributed by atoms with E-state index < -0.39 is 23.3 Å². The number of alkyl halides is 3. The molecule has 2 aromatic rings. The third kappa shape index (κ3) is 3.08. The zero-order chi connectivity index (χ0) is 14.0. The van der Waals surface area contributed by atoms with Gasteiger partial charge in [0.05, 0.1) is 11.3 Å². The molecule has 100 valence electrons. The van der Waals surface area contributed by atoms with Crippen LogP contribution in [0.15, 0.2) is 24.4 Å². The van der Waals surface area contributed by atoms with Gasteiger partial charge in [-0.05, 0) is 36.7 Å². The van der Waals surface area contributed by atoms with Crippen molar-refractivity contribution in [3.63, 3.8) is 0 Å². The molecular formula is C11H8F3N3OS. The average Bonchev–Trinajstić information content (AvgIpc) is 2.73. The van der Waals surface area contributed by atoms with Crippen LogP contribution >= 0.6 is 11.5 Å². The largest absolute Gasteiger partial charge is 0.434 e. The van der Waals surface area contributed by atoms with Gasteiger partial charge in [-0.3, -0.25) is 9.78 Å². The highest BCUT2D eigenvalue weighted by molar-refractivity contribution is 7.10. The molecule has 0 bridgehead atoms. The summed E-state index contributed by atoms with van der Waals surface area (Å²) in [5.74, 6) is -0.857. The third-order valence-electron chi connectivity index (χ3n) is 2.19. The number of hydrogen-bond donors (Lipinski definition) is 1. The Labute approximate surface area is 110 Å². The molecule has 0 atom stereocenters. The van der Waals surface area contributed by atoms with Gasteiger partial charge in [0, 0.05) is 6.20 Å². The Morgan fingerprint density at radius 3 is 2.74 bits per heavy atom. The quantitative estimate of drug-likeness (QED) is 0.923. The molecule has 0 fully saturated rings. The van der Waals surface area contributed by atoms with Gasteiger partial charge < -0.3 is 5.32 Å². The summed E-state index contributed by atoms with van der Waals surface area (Å²) >= 11 is 1.00. The number of amides is 1. The fourth-order valence-electron chi connectivity index (χ4n) is 1.42. The van der Waals surface area contributed by atoms with Crippen LogP contribution in [-0.4, -0.2) is 15.3 Å². The van der Waals surface area contributed by atoms with Gasteiger partial charge in [0.15, 0.2) is 5.69 Å². The van der Waals surface area contributed by atoms with Crippen molar-refractivity contribution < 1.29 is 18.0 Å². The Bertz CT molecular complexity index is 609. The first kappa shape index (κ1) is 13.5. The molecule has 0 aromatic carbocycles. The highest BCUT2D eigenvalue weighted by atomic mass is 32.1. The van der Waals surface area contributed by atoms with E-state index in [4.69, 9.17) is 0 Å². The van der Waals surface area contributed by atoms with E-state index in [-0.39, 0.29) is 0 Å². The van der Waals surface area contributed by atoms with Crippen LogP contribution in [0.25, 0.3) is 0 Å². The molecule has 0 aliphatic heterocycles. The summed E-state index contributed by atoms with van der Waals surface area (Å²) in [6.45, 7) is 1.72. The summed E-state index contributed by atoms with van der Waals surface area (Å²) in [4.78, 5) is 15.0. The average molecular weight is 287 g/mol. The summed E-state index contributed by atoms with van der Waals surface area (Å²) in [6, 6.07) is 3.94. The Hall–Kier alpha value is -1.96. The van der Waals surface area contributed by atoms with E-state index in [1.54, 1.807) is 13.0 Å². The number of hydrogen-bond acceptors (Lipinski definition) is 4. The second-order valence-corrected chi connectivity index (χ2v) is 4.49. The molecule has 0 saturated carbocycles. The van der Waals surface area contributed by atoms with E-state index in [2.05, 4.69) is 14.7 Å². The smallest absolute Gasteiger partial charge is 0.312 e. The lowest BCUT2D eigenvalue weighted by atomic mass is 10.1. The minimum absolute atomic E-state index is 0.388. The molecule has 2 aromatic heterocycles. The molecule has 0 unspecified atom stereocenters. The summed E-state index contributed by atoms with van der Waals surface area (Å²) in [7, 11) is 0. The van der Waals surface area contributed by atoms with Crippen molar-refractivity contribution in [3.8, 4) is 0 Å². The summed E-state index contributed by atoms with van der Waals surface area (Å²) < 4.78 is 42.0. The monoisotopic (exact) mass is 287 g/mol. The van der Waals surface area contributed by atoms with E-state index >= 15 is 0 Å². The van der Waals surface area contributed by atoms with E-state index in [1.807, 2.05) is 0 Å². The number of rotatable bonds is 2. The summed E-state index contributed by atoms with van der Waals surface area (Å²) in [6.07, 6.45) is -3.67. The highest BCUT2D eigenvalue weighted by Gasteiger charge is 2.36. The zero-order valence-electron chi connectivity index (χ0n) is 9.65. The predicted octanol–water partition coefficient (Wildman–Crippen LogP) is 3.12. The molecule has 0 spiro atoms. The minimum atomic E-state index is -4.67. The van der Waals surface area contributed by atoms with Crippen molar-refractivity contribution in [2.75, 3.05) is 5.32 Å². The van der Waals surface area contributed by atoms with Crippen molar-refractivity contribution in [1.82, 2.24) is 9.36 Å². The standard InChI is InChI=1S/C11H8F3N3OS/c1-6-5-8(19-17-6)16-10(18)7-3-2-4-15-9(7)11(12,13)14/h2-5H,1H3,(H,16,18). The minimum Gasteiger partial charge on any atom is -0.312 e. The molecule has 0 aliphatic rings. The van der Waals surface area contributed by atoms with Crippen LogP contribution in [0.2, 0.25) is 0 Å². The maximum absolute atomic E-state index is 12.7. The zero-order valence-corrected chi connectivity index (χ0v) is 10.5. The first-order chi connectivity index (χ1) is 8.88. The molecule has 0 saturated heterocycles. The van der Waals surface area contributed by atoms with Gasteiger partial charge in [-0.15, -0.1) is 0 Å². The lowest BCUT2D eigenvalue weighted by Crippen LogP contribution is -2.19. The lowest BCUT2D eigenvalue weighted by Gasteiger charge is -2.10. The molecule has 1 N–H and O–H groups in total. The van der Waals surface area contributed by atoms with Crippen molar-refractivity contribution in [2.45, 2.75) is 13.1 Å². The normalized spacial score (nSPS) is 11.4. The fourth-order valence-corrected chi connectivity index (χ4v) is 2.07. The van der Waals surface area contributed by atoms with Gasteiger partial charge in [-0.25, -0.2) is 0 Å². The highest BCUT2D eigenvalue weighted by Crippen LogP contribution is 2.30. The Kier molecular flexibility index (Phi) is 3.52. The molecule has 8 heteroatoms. The predicted molar refractivity (Wildman–Crippen MR) is 64.0 cm³/mol. The summed E-state index contributed by atoms with van der Waals surface area (Å²) in [5, 5.41) is 2.76. The third-order valence-corrected chi connectivity index (χ3v) is 2.98. The van der Waals surface area contributed by atoms with E-state index in [0.717, 1.165) is 23.8 Å². The van der Waals surface area contributed by atoms with Gasteiger partial charge >= 0.3 is 6.18 Å². The van der Waals surface area contributed by atoms with Gasteiger partial charge in [-0.2, -0.15) is 17.5 Å². The molecule has 0 radical (unpaired) electrons. The second-order valence-electron chi connectivity index (χ2n) is 3.68. The second kappa shape index (κ2) is 4.96. The number of carbonyl (C=O) groups excluding carboxylic acids is 1. The number of aromatic nitrogens is 2. The maximum atomic E-state index is 12.7. The van der Waals surface area contributed by atoms with Gasteiger partial charge in [0.1, 0.15) is 5.00 Å². The van der Waals surface area contributed by atoms with Crippen LogP contribution in [0, 0.1) is 6.92 Å². The van der Waals surface area contributed by atoms with Gasteiger partial charge in [-0.1, -0.05) is 0 Å². The molecule has 2 rings (SSSR count). The number of anilines is 1. The maximum Gasteiger partial charge on any atom is 0.434 e. The van der Waals surface area contributed by atoms with Crippen LogP contribution in [-0.2, 0) is 6.18 Å². The van der Waals surface area contributed by atoms with Crippen LogP contribution in [0.1, 0.15) is 21.7 Å². The molecule has 4 nitrogen and oxygen atoms in total. The molecule has 2 heterocycles. The van der Waals surface area contributed by atoms with E-state index in [1.165, 1.54) is 6.07 Å². The number of nitrogens with one attached hydrogen (secondary N) is 1. The van der Waals surface area contributed by atoms with Crippen molar-refractivity contribution in [3.05, 3.63) is 41.3 Å². The topological polar surface area (TPSA) is 54.9 Å². The lowest BCUT2D eigenvalue weighted by molar-refractivity contribution is -0.141. The molecule has 0 aliphatic carbocycles. The SMILES string of the molecule is Cc1cc(NC(=O)c2cccnc2C(F)(F)F)sn1. The number of aryl methyl sites for hydroxylation is 1. The van der Waals surface area contributed by atoms with Crippen LogP contribution in [0.5, 0.6) is 0 Å². The number of halogens is 3. The van der Waals surface area contributed by atoms with E-state index in [0.29, 0.717) is 10.7 Å². The summed E-state index contributed by atoms with van der Waals surface area (Å²) in [5.41, 5.74) is -1.03. The van der Waals surface area contributed by atoms with Crippen molar-refractivity contribution in [1.29, 1.82) is 0 Å². The number of pyridine rings is 1. The van der Waals surface area contributed by atoms with Gasteiger partial charge in [0.2, 0.25) is 0 Å². The molecule has 19 heavy (non-hydrogen) atoms. The molecular weight excluding hydrogens is 279 g/mol. The number of carbonyl (C=O) groups is 1. The van der Waals surface area contributed by atoms with Gasteiger partial charge in [0.25, 0.3) is 5.91 Å². The first-order valence-corrected chi connectivity index (χ1v) is 5.92. The van der Waals surface area contributed by atoms with Crippen LogP contribution < -0.4 is 5.32 Å². The Morgan fingerprint density at radius 1 is 1.42 bits per heavy atom. The van der Waals surface area contributed by atoms with Crippen LogP contribution in [0.3, 0.4) is 0 Å². The number of nitrogens with zero attached hydrogens (tertiary/aromatic N) is 2. The molecule has 1 amide bonds. The van der Waals surface area contributed by atoms with Crippen LogP contribution in [0.4, 0.5) is 18.2 Å².